The zero-order valence-electron chi connectivity index (χ0n) is 11.1. The van der Waals surface area contributed by atoms with Crippen LogP contribution < -0.4 is 10.2 Å². The largest absolute Gasteiger partial charge is 0.316 e. The zero-order valence-corrected chi connectivity index (χ0v) is 11.1. The third kappa shape index (κ3) is 1.83. The first-order valence-electron chi connectivity index (χ1n) is 6.77. The molecule has 1 aromatic carbocycles. The molecule has 0 radical (unpaired) electrons. The number of nitrogens with one attached hydrogen (secondary N) is 1. The molecule has 18 heavy (non-hydrogen) atoms. The van der Waals surface area contributed by atoms with Crippen LogP contribution in [0.4, 0.5) is 5.69 Å². The summed E-state index contributed by atoms with van der Waals surface area (Å²) in [5.41, 5.74) is 3.58. The fraction of sp³-hybridized carbons (Fsp3) is 0.533. The number of amides is 1. The molecule has 3 rings (SSSR count). The first kappa shape index (κ1) is 11.7. The molecule has 2 aliphatic rings. The highest BCUT2D eigenvalue weighted by atomic mass is 16.2. The highest BCUT2D eigenvalue weighted by Crippen LogP contribution is 2.35. The second kappa shape index (κ2) is 4.39. The van der Waals surface area contributed by atoms with Crippen molar-refractivity contribution in [2.45, 2.75) is 32.7 Å². The van der Waals surface area contributed by atoms with Gasteiger partial charge < -0.3 is 10.2 Å². The Hall–Kier alpha value is -1.35. The lowest BCUT2D eigenvalue weighted by molar-refractivity contribution is -0.117. The summed E-state index contributed by atoms with van der Waals surface area (Å²) in [6.07, 6.45) is 1.77. The van der Waals surface area contributed by atoms with Gasteiger partial charge in [0.1, 0.15) is 0 Å². The van der Waals surface area contributed by atoms with Gasteiger partial charge in [0.05, 0.1) is 0 Å². The van der Waals surface area contributed by atoms with Gasteiger partial charge in [-0.25, -0.2) is 0 Å². The molecular weight excluding hydrogens is 224 g/mol. The number of fused-ring (bicyclic) bond motifs is 1. The molecule has 0 spiro atoms. The Kier molecular flexibility index (Phi) is 2.86. The Morgan fingerprint density at radius 2 is 2.17 bits per heavy atom. The molecule has 2 aliphatic heterocycles. The third-order valence-corrected chi connectivity index (χ3v) is 4.22. The van der Waals surface area contributed by atoms with Crippen LogP contribution in [0.5, 0.6) is 0 Å². The van der Waals surface area contributed by atoms with Gasteiger partial charge in [0.15, 0.2) is 0 Å². The quantitative estimate of drug-likeness (QED) is 0.819. The van der Waals surface area contributed by atoms with Gasteiger partial charge in [0, 0.05) is 30.6 Å². The molecule has 0 saturated carbocycles. The van der Waals surface area contributed by atoms with Crippen LogP contribution in [0, 0.1) is 19.8 Å². The van der Waals surface area contributed by atoms with Crippen molar-refractivity contribution >= 4 is 11.6 Å². The van der Waals surface area contributed by atoms with Crippen LogP contribution in [-0.2, 0) is 4.79 Å². The monoisotopic (exact) mass is 244 g/mol. The maximum atomic E-state index is 12.3. The summed E-state index contributed by atoms with van der Waals surface area (Å²) in [7, 11) is 0. The maximum Gasteiger partial charge on any atom is 0.227 e. The Labute approximate surface area is 108 Å². The molecule has 1 N–H and O–H groups in total. The molecule has 0 bridgehead atoms. The molecule has 3 heteroatoms. The Bertz CT molecular complexity index is 483. The Morgan fingerprint density at radius 3 is 2.94 bits per heavy atom. The van der Waals surface area contributed by atoms with E-state index in [1.165, 1.54) is 11.1 Å². The summed E-state index contributed by atoms with van der Waals surface area (Å²) in [5.74, 6) is 0.785. The van der Waals surface area contributed by atoms with Crippen molar-refractivity contribution in [1.82, 2.24) is 5.32 Å². The average molecular weight is 244 g/mol. The van der Waals surface area contributed by atoms with E-state index < -0.39 is 0 Å². The molecule has 3 nitrogen and oxygen atoms in total. The molecule has 1 aromatic rings. The molecule has 1 amide bonds. The second-order valence-corrected chi connectivity index (χ2v) is 5.58. The van der Waals surface area contributed by atoms with E-state index in [9.17, 15) is 4.79 Å². The minimum atomic E-state index is 0.292. The number of aryl methyl sites for hydroxylation is 2. The van der Waals surface area contributed by atoms with Crippen LogP contribution in [0.15, 0.2) is 18.2 Å². The van der Waals surface area contributed by atoms with Crippen LogP contribution in [0.3, 0.4) is 0 Å². The maximum absolute atomic E-state index is 12.3. The standard InChI is InChI=1S/C15H20N2O/c1-10-3-4-13(11(2)7-10)17-14-5-6-16-9-12(14)8-15(17)18/h3-4,7,12,14,16H,5-6,8-9H2,1-2H3. The van der Waals surface area contributed by atoms with Crippen molar-refractivity contribution < 1.29 is 4.79 Å². The molecule has 2 unspecified atom stereocenters. The highest BCUT2D eigenvalue weighted by Gasteiger charge is 2.41. The smallest absolute Gasteiger partial charge is 0.227 e. The summed E-state index contributed by atoms with van der Waals surface area (Å²) in [6, 6.07) is 6.77. The lowest BCUT2D eigenvalue weighted by Gasteiger charge is -2.32. The predicted molar refractivity (Wildman–Crippen MR) is 72.8 cm³/mol. The van der Waals surface area contributed by atoms with Crippen molar-refractivity contribution in [1.29, 1.82) is 0 Å². The zero-order chi connectivity index (χ0) is 12.7. The van der Waals surface area contributed by atoms with Gasteiger partial charge in [-0.3, -0.25) is 4.79 Å². The van der Waals surface area contributed by atoms with Gasteiger partial charge in [0.25, 0.3) is 0 Å². The first-order chi connectivity index (χ1) is 8.66. The number of piperidine rings is 1. The van der Waals surface area contributed by atoms with E-state index in [1.54, 1.807) is 0 Å². The average Bonchev–Trinajstić information content (AvgIpc) is 2.66. The molecule has 2 saturated heterocycles. The van der Waals surface area contributed by atoms with Crippen molar-refractivity contribution in [2.24, 2.45) is 5.92 Å². The number of rotatable bonds is 1. The fourth-order valence-corrected chi connectivity index (χ4v) is 3.35. The molecular formula is C15H20N2O. The van der Waals surface area contributed by atoms with Crippen LogP contribution in [-0.4, -0.2) is 25.0 Å². The van der Waals surface area contributed by atoms with Crippen LogP contribution >= 0.6 is 0 Å². The van der Waals surface area contributed by atoms with Crippen LogP contribution in [0.2, 0.25) is 0 Å². The van der Waals surface area contributed by atoms with E-state index in [0.717, 1.165) is 25.2 Å². The molecule has 2 heterocycles. The van der Waals surface area contributed by atoms with Gasteiger partial charge in [-0.1, -0.05) is 17.7 Å². The van der Waals surface area contributed by atoms with E-state index in [2.05, 4.69) is 42.3 Å². The first-order valence-corrected chi connectivity index (χ1v) is 6.77. The van der Waals surface area contributed by atoms with Gasteiger partial charge in [-0.05, 0) is 38.4 Å². The summed E-state index contributed by atoms with van der Waals surface area (Å²) in [5, 5.41) is 3.39. The summed E-state index contributed by atoms with van der Waals surface area (Å²) in [6.45, 7) is 6.20. The predicted octanol–water partition coefficient (Wildman–Crippen LogP) is 2.02. The summed E-state index contributed by atoms with van der Waals surface area (Å²) < 4.78 is 0. The lowest BCUT2D eigenvalue weighted by Crippen LogP contribution is -2.44. The van der Waals surface area contributed by atoms with E-state index in [-0.39, 0.29) is 0 Å². The van der Waals surface area contributed by atoms with E-state index in [1.807, 2.05) is 0 Å². The highest BCUT2D eigenvalue weighted by molar-refractivity contribution is 5.97. The van der Waals surface area contributed by atoms with Gasteiger partial charge in [0.2, 0.25) is 5.91 Å². The number of anilines is 1. The Balaban J connectivity index is 1.97. The minimum absolute atomic E-state index is 0.292. The van der Waals surface area contributed by atoms with Crippen LogP contribution in [0.1, 0.15) is 24.0 Å². The van der Waals surface area contributed by atoms with Crippen LogP contribution in [0.25, 0.3) is 0 Å². The molecule has 96 valence electrons. The number of benzene rings is 1. The minimum Gasteiger partial charge on any atom is -0.316 e. The van der Waals surface area contributed by atoms with Crippen molar-refractivity contribution in [2.75, 3.05) is 18.0 Å². The molecule has 0 aromatic heterocycles. The SMILES string of the molecule is Cc1ccc(N2C(=O)CC3CNCCC32)c(C)c1. The lowest BCUT2D eigenvalue weighted by atomic mass is 9.94. The fourth-order valence-electron chi connectivity index (χ4n) is 3.35. The van der Waals surface area contributed by atoms with Crippen molar-refractivity contribution in [3.8, 4) is 0 Å². The van der Waals surface area contributed by atoms with E-state index in [0.29, 0.717) is 24.3 Å². The molecule has 2 atom stereocenters. The van der Waals surface area contributed by atoms with E-state index in [4.69, 9.17) is 0 Å². The number of carbonyl (C=O) groups excluding carboxylic acids is 1. The molecule has 0 aliphatic carbocycles. The van der Waals surface area contributed by atoms with Gasteiger partial charge in [-0.15, -0.1) is 0 Å². The number of hydrogen-bond acceptors (Lipinski definition) is 2. The van der Waals surface area contributed by atoms with Crippen molar-refractivity contribution in [3.63, 3.8) is 0 Å². The number of carbonyl (C=O) groups is 1. The molecule has 2 fully saturated rings. The topological polar surface area (TPSA) is 32.3 Å². The number of hydrogen-bond donors (Lipinski definition) is 1. The van der Waals surface area contributed by atoms with Gasteiger partial charge in [-0.2, -0.15) is 0 Å². The second-order valence-electron chi connectivity index (χ2n) is 5.58. The Morgan fingerprint density at radius 1 is 1.33 bits per heavy atom. The van der Waals surface area contributed by atoms with E-state index >= 15 is 0 Å². The van der Waals surface area contributed by atoms with Crippen molar-refractivity contribution in [3.05, 3.63) is 29.3 Å². The van der Waals surface area contributed by atoms with Gasteiger partial charge >= 0.3 is 0 Å². The summed E-state index contributed by atoms with van der Waals surface area (Å²) in [4.78, 5) is 14.3. The third-order valence-electron chi connectivity index (χ3n) is 4.22. The normalized spacial score (nSPS) is 27.4. The number of nitrogens with zero attached hydrogens (tertiary/aromatic N) is 1. The summed E-state index contributed by atoms with van der Waals surface area (Å²) >= 11 is 0.